The number of imide groups is 1. The maximum Gasteiger partial charge on any atom is 0.325 e. The average molecular weight is 404 g/mol. The monoisotopic (exact) mass is 404 g/mol. The molecule has 3 aromatic rings. The first-order valence-electron chi connectivity index (χ1n) is 9.51. The highest BCUT2D eigenvalue weighted by Crippen LogP contribution is 2.19. The summed E-state index contributed by atoms with van der Waals surface area (Å²) in [5.41, 5.74) is 2.27. The Hall–Kier alpha value is -4.01. The molecule has 1 aliphatic heterocycles. The third kappa shape index (κ3) is 4.35. The standard InChI is InChI=1S/C21H20N6O3/c28-18(24-16-8-4-7-15(11-16)19-22-13-23-26-19)10-9-17-20(29)27(21(30)25-17)12-14-5-2-1-3-6-14/h1-8,11,13,17H,9-10,12H2,(H,24,28)(H,25,30)(H,22,23,26)/t17-/m1/s1. The van der Waals surface area contributed by atoms with E-state index in [4.69, 9.17) is 0 Å². The Morgan fingerprint density at radius 2 is 1.93 bits per heavy atom. The minimum absolute atomic E-state index is 0.0996. The van der Waals surface area contributed by atoms with E-state index >= 15 is 0 Å². The SMILES string of the molecule is O=C(CC[C@H]1NC(=O)N(Cc2ccccc2)C1=O)Nc1cccc(-c2ncn[nH]2)c1. The van der Waals surface area contributed by atoms with E-state index in [2.05, 4.69) is 25.8 Å². The summed E-state index contributed by atoms with van der Waals surface area (Å²) in [7, 11) is 0. The van der Waals surface area contributed by atoms with Gasteiger partial charge in [0, 0.05) is 17.7 Å². The van der Waals surface area contributed by atoms with Crippen LogP contribution in [0, 0.1) is 0 Å². The van der Waals surface area contributed by atoms with Crippen LogP contribution in [0.3, 0.4) is 0 Å². The molecule has 1 saturated heterocycles. The zero-order valence-corrected chi connectivity index (χ0v) is 16.0. The molecule has 9 heteroatoms. The molecular formula is C21H20N6O3. The van der Waals surface area contributed by atoms with Gasteiger partial charge in [0.25, 0.3) is 5.91 Å². The predicted octanol–water partition coefficient (Wildman–Crippen LogP) is 2.31. The van der Waals surface area contributed by atoms with Gasteiger partial charge in [0.1, 0.15) is 12.4 Å². The zero-order valence-electron chi connectivity index (χ0n) is 16.0. The second-order valence-corrected chi connectivity index (χ2v) is 6.91. The number of carbonyl (C=O) groups excluding carboxylic acids is 3. The fourth-order valence-corrected chi connectivity index (χ4v) is 3.28. The van der Waals surface area contributed by atoms with Crippen LogP contribution in [0.2, 0.25) is 0 Å². The van der Waals surface area contributed by atoms with Crippen molar-refractivity contribution in [2.75, 3.05) is 5.32 Å². The van der Waals surface area contributed by atoms with Gasteiger partial charge in [0.2, 0.25) is 5.91 Å². The van der Waals surface area contributed by atoms with Gasteiger partial charge in [0.15, 0.2) is 5.82 Å². The lowest BCUT2D eigenvalue weighted by molar-refractivity contribution is -0.128. The molecule has 3 N–H and O–H groups in total. The number of H-pyrrole nitrogens is 1. The van der Waals surface area contributed by atoms with Gasteiger partial charge in [-0.25, -0.2) is 9.78 Å². The number of nitrogens with one attached hydrogen (secondary N) is 3. The Balaban J connectivity index is 1.31. The molecule has 4 amide bonds. The highest BCUT2D eigenvalue weighted by Gasteiger charge is 2.37. The Morgan fingerprint density at radius 1 is 1.10 bits per heavy atom. The molecule has 30 heavy (non-hydrogen) atoms. The second kappa shape index (κ2) is 8.56. The molecule has 152 valence electrons. The fourth-order valence-electron chi connectivity index (χ4n) is 3.28. The number of nitrogens with zero attached hydrogens (tertiary/aromatic N) is 3. The number of anilines is 1. The quantitative estimate of drug-likeness (QED) is 0.522. The van der Waals surface area contributed by atoms with Crippen LogP contribution in [0.1, 0.15) is 18.4 Å². The first-order valence-corrected chi connectivity index (χ1v) is 9.51. The molecule has 0 bridgehead atoms. The lowest BCUT2D eigenvalue weighted by Crippen LogP contribution is -2.31. The van der Waals surface area contributed by atoms with Crippen LogP contribution in [0.15, 0.2) is 60.9 Å². The molecule has 0 aliphatic carbocycles. The fraction of sp³-hybridized carbons (Fsp3) is 0.190. The van der Waals surface area contributed by atoms with Gasteiger partial charge < -0.3 is 10.6 Å². The molecule has 0 radical (unpaired) electrons. The summed E-state index contributed by atoms with van der Waals surface area (Å²) in [6.07, 6.45) is 1.74. The number of aromatic nitrogens is 3. The van der Waals surface area contributed by atoms with Crippen molar-refractivity contribution in [3.63, 3.8) is 0 Å². The third-order valence-electron chi connectivity index (χ3n) is 4.79. The number of carbonyl (C=O) groups is 3. The van der Waals surface area contributed by atoms with Gasteiger partial charge in [-0.3, -0.25) is 19.6 Å². The molecule has 1 atom stereocenters. The molecule has 0 unspecified atom stereocenters. The molecule has 1 aliphatic rings. The smallest absolute Gasteiger partial charge is 0.325 e. The van der Waals surface area contributed by atoms with E-state index in [1.165, 1.54) is 11.2 Å². The van der Waals surface area contributed by atoms with E-state index in [0.717, 1.165) is 11.1 Å². The van der Waals surface area contributed by atoms with Crippen LogP contribution in [-0.4, -0.2) is 44.0 Å². The van der Waals surface area contributed by atoms with Crippen molar-refractivity contribution < 1.29 is 14.4 Å². The van der Waals surface area contributed by atoms with Crippen molar-refractivity contribution >= 4 is 23.5 Å². The van der Waals surface area contributed by atoms with Crippen molar-refractivity contribution in [1.82, 2.24) is 25.4 Å². The highest BCUT2D eigenvalue weighted by atomic mass is 16.2. The number of hydrogen-bond donors (Lipinski definition) is 3. The number of amides is 4. The van der Waals surface area contributed by atoms with E-state index in [0.29, 0.717) is 11.5 Å². The number of hydrogen-bond acceptors (Lipinski definition) is 5. The summed E-state index contributed by atoms with van der Waals surface area (Å²) in [4.78, 5) is 42.3. The number of benzene rings is 2. The van der Waals surface area contributed by atoms with E-state index < -0.39 is 12.1 Å². The molecular weight excluding hydrogens is 384 g/mol. The average Bonchev–Trinajstić information content (AvgIpc) is 3.38. The molecule has 0 saturated carbocycles. The summed E-state index contributed by atoms with van der Waals surface area (Å²) < 4.78 is 0. The molecule has 2 aromatic carbocycles. The van der Waals surface area contributed by atoms with Crippen molar-refractivity contribution in [3.8, 4) is 11.4 Å². The number of rotatable bonds is 7. The van der Waals surface area contributed by atoms with Crippen LogP contribution in [0.4, 0.5) is 10.5 Å². The summed E-state index contributed by atoms with van der Waals surface area (Å²) in [6, 6.07) is 15.4. The van der Waals surface area contributed by atoms with Gasteiger partial charge in [-0.05, 0) is 24.1 Å². The van der Waals surface area contributed by atoms with Crippen LogP contribution >= 0.6 is 0 Å². The first kappa shape index (κ1) is 19.3. The Labute approximate surface area is 172 Å². The second-order valence-electron chi connectivity index (χ2n) is 6.91. The van der Waals surface area contributed by atoms with E-state index in [9.17, 15) is 14.4 Å². The van der Waals surface area contributed by atoms with Gasteiger partial charge >= 0.3 is 6.03 Å². The lowest BCUT2D eigenvalue weighted by atomic mass is 10.1. The van der Waals surface area contributed by atoms with Crippen molar-refractivity contribution in [2.24, 2.45) is 0 Å². The van der Waals surface area contributed by atoms with Gasteiger partial charge in [-0.15, -0.1) is 0 Å². The Morgan fingerprint density at radius 3 is 2.70 bits per heavy atom. The largest absolute Gasteiger partial charge is 0.326 e. The maximum absolute atomic E-state index is 12.6. The third-order valence-corrected chi connectivity index (χ3v) is 4.79. The highest BCUT2D eigenvalue weighted by molar-refractivity contribution is 6.04. The van der Waals surface area contributed by atoms with Crippen LogP contribution < -0.4 is 10.6 Å². The van der Waals surface area contributed by atoms with Crippen LogP contribution in [0.5, 0.6) is 0 Å². The predicted molar refractivity (Wildman–Crippen MR) is 109 cm³/mol. The van der Waals surface area contributed by atoms with Crippen molar-refractivity contribution in [3.05, 3.63) is 66.5 Å². The molecule has 1 fully saturated rings. The maximum atomic E-state index is 12.6. The van der Waals surface area contributed by atoms with Crippen LogP contribution in [-0.2, 0) is 16.1 Å². The van der Waals surface area contributed by atoms with Crippen molar-refractivity contribution in [1.29, 1.82) is 0 Å². The topological polar surface area (TPSA) is 120 Å². The normalized spacial score (nSPS) is 15.9. The minimum atomic E-state index is -0.701. The zero-order chi connectivity index (χ0) is 20.9. The summed E-state index contributed by atoms with van der Waals surface area (Å²) in [5, 5.41) is 12.1. The van der Waals surface area contributed by atoms with Gasteiger partial charge in [-0.2, -0.15) is 5.10 Å². The molecule has 0 spiro atoms. The van der Waals surface area contributed by atoms with Crippen molar-refractivity contribution in [2.45, 2.75) is 25.4 Å². The van der Waals surface area contributed by atoms with Gasteiger partial charge in [0.05, 0.1) is 6.54 Å². The Kier molecular flexibility index (Phi) is 5.51. The minimum Gasteiger partial charge on any atom is -0.326 e. The summed E-state index contributed by atoms with van der Waals surface area (Å²) in [6.45, 7) is 0.211. The van der Waals surface area contributed by atoms with Crippen LogP contribution in [0.25, 0.3) is 11.4 Å². The number of urea groups is 1. The molecule has 2 heterocycles. The Bertz CT molecular complexity index is 1050. The summed E-state index contributed by atoms with van der Waals surface area (Å²) in [5.74, 6) is 0.0427. The first-order chi connectivity index (χ1) is 14.6. The lowest BCUT2D eigenvalue weighted by Gasteiger charge is -2.13. The van der Waals surface area contributed by atoms with E-state index in [-0.39, 0.29) is 31.2 Å². The molecule has 4 rings (SSSR count). The van der Waals surface area contributed by atoms with E-state index in [1.807, 2.05) is 36.4 Å². The van der Waals surface area contributed by atoms with Gasteiger partial charge in [-0.1, -0.05) is 42.5 Å². The number of aromatic amines is 1. The molecule has 9 nitrogen and oxygen atoms in total. The van der Waals surface area contributed by atoms with E-state index in [1.54, 1.807) is 18.2 Å². The molecule has 1 aromatic heterocycles. The summed E-state index contributed by atoms with van der Waals surface area (Å²) >= 11 is 0.